The molecule has 0 unspecified atom stereocenters. The predicted octanol–water partition coefficient (Wildman–Crippen LogP) is 16.7. The highest BCUT2D eigenvalue weighted by Gasteiger charge is 2.97. The van der Waals surface area contributed by atoms with Crippen LogP contribution in [-0.4, -0.2) is 30.8 Å². The van der Waals surface area contributed by atoms with Gasteiger partial charge >= 0.3 is 11.9 Å². The van der Waals surface area contributed by atoms with E-state index in [1.807, 2.05) is 0 Å². The van der Waals surface area contributed by atoms with Crippen molar-refractivity contribution in [3.8, 4) is 0 Å². The smallest absolute Gasteiger partial charge is 0.323 e. The molecule has 2 atom stereocenters. The number of benzene rings is 18. The van der Waals surface area contributed by atoms with E-state index in [0.29, 0.717) is 0 Å². The fourth-order valence-corrected chi connectivity index (χ4v) is 27.8. The van der Waals surface area contributed by atoms with E-state index in [9.17, 15) is 10.2 Å². The minimum atomic E-state index is -1.97. The molecule has 0 aliphatic heterocycles. The molecule has 2 N–H and O–H groups in total. The molecule has 70 heavy (non-hydrogen) atoms. The lowest BCUT2D eigenvalue weighted by Crippen LogP contribution is -2.91. The normalized spacial score (nSPS) is 26.6. The van der Waals surface area contributed by atoms with Crippen molar-refractivity contribution in [3.63, 3.8) is 0 Å². The Labute approximate surface area is 393 Å². The molecule has 0 saturated heterocycles. The fraction of sp³-hybridized carbons (Fsp3) is 0.0625. The Bertz CT molecular complexity index is 6770. The Morgan fingerprint density at radius 2 is 0.286 bits per heavy atom. The zero-order chi connectivity index (χ0) is 42.6. The molecule has 0 heterocycles. The van der Waals surface area contributed by atoms with Gasteiger partial charge < -0.3 is 10.2 Å². The van der Waals surface area contributed by atoms with Crippen LogP contribution in [0, 0.1) is 0 Å². The van der Waals surface area contributed by atoms with Gasteiger partial charge in [-0.05, 0) is 313 Å². The number of carboxylic acids is 2. The van der Waals surface area contributed by atoms with Crippen molar-refractivity contribution in [1.82, 2.24) is 0 Å². The van der Waals surface area contributed by atoms with Crippen LogP contribution in [0.25, 0.3) is 291 Å². The van der Waals surface area contributed by atoms with Gasteiger partial charge in [0, 0.05) is 0 Å². The van der Waals surface area contributed by atoms with Crippen molar-refractivity contribution in [2.24, 2.45) is 0 Å². The van der Waals surface area contributed by atoms with Gasteiger partial charge in [0.2, 0.25) is 0 Å². The standard InChI is InChI=1S/C64H2Br2O4/c65-63(59(67)68)61-55-47-39-29-19-11-3-1-2-5-9-7(3)15-23-17(9)27-21-13(5)14-6(2)10-8-4(1)12(11)20-26-16(8)24-18(10)28-22(14)32-31(21)41-35(27)45-37(23)43(33(39)25(15)19)51(55)53(45)57-49(41)50-42(32)36(28)46-38(24)44-34(26)40(30(20)29)48(47)56(61)52(44)54(46)58(50)62(57,61)64(63,66)60(69)70/h(H,67,68)(H,69,70)/t61?,62?,63-,64-/m0/s1. The first-order chi connectivity index (χ1) is 34.4. The molecule has 5 aliphatic carbocycles. The van der Waals surface area contributed by atoms with Crippen LogP contribution in [0.1, 0.15) is 22.3 Å². The van der Waals surface area contributed by atoms with E-state index in [-0.39, 0.29) is 0 Å². The van der Waals surface area contributed by atoms with Gasteiger partial charge in [0.15, 0.2) is 8.65 Å². The number of aliphatic carboxylic acids is 2. The van der Waals surface area contributed by atoms with Crippen LogP contribution in [0.4, 0.5) is 0 Å². The van der Waals surface area contributed by atoms with Gasteiger partial charge in [-0.2, -0.15) is 0 Å². The molecule has 1 saturated carbocycles. The monoisotopic (exact) mass is 992 g/mol. The first-order valence-corrected chi connectivity index (χ1v) is 26.6. The summed E-state index contributed by atoms with van der Waals surface area (Å²) in [6, 6.07) is 0. The molecule has 28 aromatic carbocycles. The minimum Gasteiger partial charge on any atom is -0.480 e. The Kier molecular flexibility index (Phi) is 2.23. The van der Waals surface area contributed by atoms with Crippen molar-refractivity contribution in [2.45, 2.75) is 19.5 Å². The zero-order valence-corrected chi connectivity index (χ0v) is 37.6. The van der Waals surface area contributed by atoms with E-state index in [1.165, 1.54) is 280 Å². The van der Waals surface area contributed by atoms with Crippen molar-refractivity contribution in [1.29, 1.82) is 0 Å². The average molecular weight is 995 g/mol. The molecule has 0 radical (unpaired) electrons. The molecule has 1 fully saturated rings. The van der Waals surface area contributed by atoms with Crippen LogP contribution >= 0.6 is 31.9 Å². The highest BCUT2D eigenvalue weighted by molar-refractivity contribution is 9.13. The predicted molar refractivity (Wildman–Crippen MR) is 292 cm³/mol. The molecule has 4 nitrogen and oxygen atoms in total. The molecule has 5 aliphatic rings. The maximum Gasteiger partial charge on any atom is 0.323 e. The van der Waals surface area contributed by atoms with Crippen LogP contribution in [0.5, 0.6) is 0 Å². The maximum absolute atomic E-state index is 15.4. The number of halogens is 2. The second-order valence-corrected chi connectivity index (χ2v) is 27.6. The Hall–Kier alpha value is -7.64. The number of rotatable bonds is 2. The van der Waals surface area contributed by atoms with Crippen LogP contribution in [0.3, 0.4) is 0 Å². The third-order valence-electron chi connectivity index (χ3n) is 25.4. The Balaban J connectivity index is 1.23. The van der Waals surface area contributed by atoms with Gasteiger partial charge in [-0.3, -0.25) is 9.59 Å². The second kappa shape index (κ2) is 5.80. The average Bonchev–Trinajstić information content (AvgIpc) is 4.24. The van der Waals surface area contributed by atoms with Crippen molar-refractivity contribution in [2.75, 3.05) is 0 Å². The summed E-state index contributed by atoms with van der Waals surface area (Å²) in [5.41, 5.74) is 1.91. The zero-order valence-electron chi connectivity index (χ0n) is 34.5. The lowest BCUT2D eigenvalue weighted by atomic mass is 9.29. The molecule has 2 spiro atoms. The summed E-state index contributed by atoms with van der Waals surface area (Å²) >= 11 is 8.51. The molecule has 0 bridgehead atoms. The summed E-state index contributed by atoms with van der Waals surface area (Å²) < 4.78 is -3.94. The van der Waals surface area contributed by atoms with Crippen molar-refractivity contribution < 1.29 is 19.8 Å². The number of carboxylic acid groups (broad SMARTS) is 2. The molecule has 296 valence electrons. The highest BCUT2D eigenvalue weighted by Crippen LogP contribution is 2.93. The van der Waals surface area contributed by atoms with Gasteiger partial charge in [-0.15, -0.1) is 0 Å². The largest absolute Gasteiger partial charge is 0.480 e. The van der Waals surface area contributed by atoms with E-state index in [0.717, 1.165) is 22.3 Å². The summed E-state index contributed by atoms with van der Waals surface area (Å²) in [6.45, 7) is 0. The molecule has 0 amide bonds. The third kappa shape index (κ3) is 1.30. The quantitative estimate of drug-likeness (QED) is 0.134. The number of carbonyl (C=O) groups is 2. The number of alkyl halides is 2. The van der Waals surface area contributed by atoms with Gasteiger partial charge in [-0.1, -0.05) is 31.9 Å². The van der Waals surface area contributed by atoms with Crippen LogP contribution in [0.15, 0.2) is 0 Å². The Morgan fingerprint density at radius 3 is 0.371 bits per heavy atom. The first-order valence-electron chi connectivity index (χ1n) is 25.0. The van der Waals surface area contributed by atoms with Gasteiger partial charge in [0.1, 0.15) is 0 Å². The van der Waals surface area contributed by atoms with Gasteiger partial charge in [-0.25, -0.2) is 0 Å². The van der Waals surface area contributed by atoms with Gasteiger partial charge in [0.05, 0.1) is 10.8 Å². The maximum atomic E-state index is 15.4. The lowest BCUT2D eigenvalue weighted by molar-refractivity contribution is -0.164. The molecule has 33 rings (SSSR count). The summed E-state index contributed by atoms with van der Waals surface area (Å²) in [5, 5.41) is 101. The summed E-state index contributed by atoms with van der Waals surface area (Å²) in [6.07, 6.45) is 0. The lowest BCUT2D eigenvalue weighted by Gasteiger charge is -2.75. The number of hydrogen-bond donors (Lipinski definition) is 2. The third-order valence-corrected chi connectivity index (χ3v) is 29.0. The highest BCUT2D eigenvalue weighted by atomic mass is 79.9. The summed E-state index contributed by atoms with van der Waals surface area (Å²) in [4.78, 5) is 30.8. The van der Waals surface area contributed by atoms with Crippen molar-refractivity contribution >= 4 is 335 Å². The van der Waals surface area contributed by atoms with E-state index < -0.39 is 31.4 Å². The summed E-state index contributed by atoms with van der Waals surface area (Å²) in [7, 11) is 0. The molecular formula is C64H2Br2O4. The first kappa shape index (κ1) is 26.9. The van der Waals surface area contributed by atoms with E-state index in [4.69, 9.17) is 0 Å². The topological polar surface area (TPSA) is 74.6 Å². The second-order valence-electron chi connectivity index (χ2n) is 25.2. The van der Waals surface area contributed by atoms with Crippen molar-refractivity contribution in [3.05, 3.63) is 22.3 Å². The minimum absolute atomic E-state index is 1.10. The van der Waals surface area contributed by atoms with E-state index in [1.54, 1.807) is 10.8 Å². The van der Waals surface area contributed by atoms with E-state index >= 15 is 9.59 Å². The van der Waals surface area contributed by atoms with E-state index in [2.05, 4.69) is 31.9 Å². The number of hydrogen-bond acceptors (Lipinski definition) is 2. The van der Waals surface area contributed by atoms with Crippen LogP contribution < -0.4 is 0 Å². The fourth-order valence-electron chi connectivity index (χ4n) is 25.5. The van der Waals surface area contributed by atoms with Gasteiger partial charge in [0.25, 0.3) is 0 Å². The SMILES string of the molecule is O=C(O)[C@]1(Br)C23c4c5c6c7c8c9c(c%10c%11c2c2c4c4c%12c5c5c6c6c8c8c%13c9c9c%10c%10c%11c%11c2c2c4c4c%12c%12c5c5c6c8c6c8c%13c9c9c%10c%10c%11c2c2c4c4c%12c5c6c5c8c9c%10c2c45)C73[C@@]1(Br)C(=O)O. The summed E-state index contributed by atoms with van der Waals surface area (Å²) in [5.74, 6) is -2.20. The van der Waals surface area contributed by atoms with Crippen LogP contribution in [-0.2, 0) is 20.4 Å². The molecular weight excluding hydrogens is 993 g/mol. The molecule has 6 heteroatoms. The van der Waals surface area contributed by atoms with Crippen LogP contribution in [0.2, 0.25) is 0 Å². The Morgan fingerprint density at radius 1 is 0.200 bits per heavy atom. The molecule has 28 aromatic rings. The molecule has 0 aromatic heterocycles.